The number of hydrogen-bond acceptors (Lipinski definition) is 4. The summed E-state index contributed by atoms with van der Waals surface area (Å²) in [6.45, 7) is 5.40. The second kappa shape index (κ2) is 11.2. The van der Waals surface area contributed by atoms with Gasteiger partial charge in [0, 0.05) is 18.9 Å². The van der Waals surface area contributed by atoms with Gasteiger partial charge in [0.1, 0.15) is 5.75 Å². The SMILES string of the molecule is CCCOC(=O)C(Cc1ccc(OCCC2c3ccccc3-c3ccccc32)cc1)OCC. The van der Waals surface area contributed by atoms with Gasteiger partial charge >= 0.3 is 5.97 Å². The molecule has 0 fully saturated rings. The molecule has 0 amide bonds. The summed E-state index contributed by atoms with van der Waals surface area (Å²) < 4.78 is 17.0. The van der Waals surface area contributed by atoms with Gasteiger partial charge in [0.15, 0.2) is 6.10 Å². The first kappa shape index (κ1) is 23.1. The predicted octanol–water partition coefficient (Wildman–Crippen LogP) is 6.17. The van der Waals surface area contributed by atoms with Crippen LogP contribution in [0.25, 0.3) is 11.1 Å². The standard InChI is InChI=1S/C29H32O4/c1-3-18-33-29(30)28(31-4-2)20-21-13-15-22(16-14-21)32-19-17-27-25-11-7-5-9-23(25)24-10-6-8-12-26(24)27/h5-16,27-28H,3-4,17-20H2,1-2H3. The highest BCUT2D eigenvalue weighted by atomic mass is 16.6. The molecule has 3 aromatic rings. The molecule has 0 N–H and O–H groups in total. The number of ether oxygens (including phenoxy) is 3. The normalized spacial score (nSPS) is 13.3. The van der Waals surface area contributed by atoms with Crippen molar-refractivity contribution in [3.05, 3.63) is 89.5 Å². The Labute approximate surface area is 196 Å². The Morgan fingerprint density at radius 2 is 1.48 bits per heavy atom. The van der Waals surface area contributed by atoms with Crippen LogP contribution in [0.5, 0.6) is 5.75 Å². The lowest BCUT2D eigenvalue weighted by atomic mass is 9.94. The van der Waals surface area contributed by atoms with Crippen LogP contribution in [0.4, 0.5) is 0 Å². The van der Waals surface area contributed by atoms with Crippen LogP contribution in [0.1, 0.15) is 49.3 Å². The first-order valence-electron chi connectivity index (χ1n) is 11.9. The van der Waals surface area contributed by atoms with Crippen molar-refractivity contribution < 1.29 is 19.0 Å². The minimum atomic E-state index is -0.573. The van der Waals surface area contributed by atoms with Gasteiger partial charge in [0.25, 0.3) is 0 Å². The lowest BCUT2D eigenvalue weighted by Crippen LogP contribution is -2.29. The van der Waals surface area contributed by atoms with Crippen LogP contribution in [0.2, 0.25) is 0 Å². The second-order valence-electron chi connectivity index (χ2n) is 8.32. The Balaban J connectivity index is 1.34. The highest BCUT2D eigenvalue weighted by Gasteiger charge is 2.27. The molecule has 0 radical (unpaired) electrons. The molecule has 1 aliphatic rings. The first-order chi connectivity index (χ1) is 16.2. The van der Waals surface area contributed by atoms with E-state index < -0.39 is 6.10 Å². The van der Waals surface area contributed by atoms with Crippen LogP contribution < -0.4 is 4.74 Å². The van der Waals surface area contributed by atoms with Crippen molar-refractivity contribution in [3.63, 3.8) is 0 Å². The molecule has 1 unspecified atom stereocenters. The summed E-state index contributed by atoms with van der Waals surface area (Å²) in [5, 5.41) is 0. The number of carbonyl (C=O) groups excluding carboxylic acids is 1. The molecule has 4 rings (SSSR count). The van der Waals surface area contributed by atoms with E-state index in [1.807, 2.05) is 38.1 Å². The Kier molecular flexibility index (Phi) is 7.79. The largest absolute Gasteiger partial charge is 0.494 e. The van der Waals surface area contributed by atoms with Crippen LogP contribution in [0, 0.1) is 0 Å². The van der Waals surface area contributed by atoms with Crippen molar-refractivity contribution in [2.45, 2.75) is 45.1 Å². The number of fused-ring (bicyclic) bond motifs is 3. The molecular weight excluding hydrogens is 412 g/mol. The molecule has 0 saturated carbocycles. The average molecular weight is 445 g/mol. The van der Waals surface area contributed by atoms with Crippen molar-refractivity contribution >= 4 is 5.97 Å². The lowest BCUT2D eigenvalue weighted by Gasteiger charge is -2.16. The van der Waals surface area contributed by atoms with Crippen LogP contribution in [-0.2, 0) is 20.7 Å². The van der Waals surface area contributed by atoms with Crippen molar-refractivity contribution in [2.24, 2.45) is 0 Å². The molecule has 0 saturated heterocycles. The first-order valence-corrected chi connectivity index (χ1v) is 11.9. The number of esters is 1. The Bertz CT molecular complexity index is 1010. The number of carbonyl (C=O) groups is 1. The maximum atomic E-state index is 12.2. The quantitative estimate of drug-likeness (QED) is 0.332. The molecular formula is C29H32O4. The van der Waals surface area contributed by atoms with Gasteiger partial charge in [0.05, 0.1) is 13.2 Å². The zero-order valence-corrected chi connectivity index (χ0v) is 19.5. The highest BCUT2D eigenvalue weighted by molar-refractivity contribution is 5.78. The number of hydrogen-bond donors (Lipinski definition) is 0. The maximum Gasteiger partial charge on any atom is 0.335 e. The van der Waals surface area contributed by atoms with Crippen LogP contribution in [0.15, 0.2) is 72.8 Å². The zero-order valence-electron chi connectivity index (χ0n) is 19.5. The molecule has 4 nitrogen and oxygen atoms in total. The van der Waals surface area contributed by atoms with E-state index >= 15 is 0 Å². The fraction of sp³-hybridized carbons (Fsp3) is 0.345. The smallest absolute Gasteiger partial charge is 0.335 e. The fourth-order valence-corrected chi connectivity index (χ4v) is 4.51. The predicted molar refractivity (Wildman–Crippen MR) is 131 cm³/mol. The number of rotatable bonds is 11. The molecule has 0 aliphatic heterocycles. The third kappa shape index (κ3) is 5.45. The van der Waals surface area contributed by atoms with Gasteiger partial charge in [-0.05, 0) is 59.7 Å². The van der Waals surface area contributed by atoms with Crippen molar-refractivity contribution in [3.8, 4) is 16.9 Å². The van der Waals surface area contributed by atoms with E-state index in [0.717, 1.165) is 24.2 Å². The van der Waals surface area contributed by atoms with Gasteiger partial charge in [0.2, 0.25) is 0 Å². The monoisotopic (exact) mass is 444 g/mol. The fourth-order valence-electron chi connectivity index (χ4n) is 4.51. The van der Waals surface area contributed by atoms with E-state index in [1.165, 1.54) is 22.3 Å². The molecule has 172 valence electrons. The van der Waals surface area contributed by atoms with Crippen molar-refractivity contribution in [2.75, 3.05) is 19.8 Å². The third-order valence-corrected chi connectivity index (χ3v) is 6.06. The Morgan fingerprint density at radius 1 is 0.848 bits per heavy atom. The zero-order chi connectivity index (χ0) is 23.0. The average Bonchev–Trinajstić information content (AvgIpc) is 3.17. The van der Waals surface area contributed by atoms with E-state index in [1.54, 1.807) is 0 Å². The van der Waals surface area contributed by atoms with E-state index in [0.29, 0.717) is 32.2 Å². The molecule has 1 atom stereocenters. The molecule has 0 aromatic heterocycles. The van der Waals surface area contributed by atoms with Gasteiger partial charge in [-0.3, -0.25) is 0 Å². The second-order valence-corrected chi connectivity index (χ2v) is 8.32. The van der Waals surface area contributed by atoms with Gasteiger partial charge in [-0.1, -0.05) is 67.6 Å². The van der Waals surface area contributed by atoms with Crippen LogP contribution in [-0.4, -0.2) is 31.9 Å². The Morgan fingerprint density at radius 3 is 2.09 bits per heavy atom. The van der Waals surface area contributed by atoms with Crippen molar-refractivity contribution in [1.82, 2.24) is 0 Å². The van der Waals surface area contributed by atoms with Crippen LogP contribution >= 0.6 is 0 Å². The lowest BCUT2D eigenvalue weighted by molar-refractivity contribution is -0.156. The summed E-state index contributed by atoms with van der Waals surface area (Å²) >= 11 is 0. The summed E-state index contributed by atoms with van der Waals surface area (Å²) in [5.41, 5.74) is 6.46. The van der Waals surface area contributed by atoms with E-state index in [9.17, 15) is 4.79 Å². The molecule has 3 aromatic carbocycles. The van der Waals surface area contributed by atoms with E-state index in [2.05, 4.69) is 48.5 Å². The van der Waals surface area contributed by atoms with Gasteiger partial charge in [-0.2, -0.15) is 0 Å². The minimum absolute atomic E-state index is 0.295. The minimum Gasteiger partial charge on any atom is -0.494 e. The molecule has 0 heterocycles. The molecule has 33 heavy (non-hydrogen) atoms. The Hall–Kier alpha value is -3.11. The topological polar surface area (TPSA) is 44.8 Å². The summed E-state index contributed by atoms with van der Waals surface area (Å²) in [5.74, 6) is 0.897. The molecule has 0 bridgehead atoms. The number of benzene rings is 3. The van der Waals surface area contributed by atoms with Gasteiger partial charge in [-0.15, -0.1) is 0 Å². The van der Waals surface area contributed by atoms with Crippen LogP contribution in [0.3, 0.4) is 0 Å². The van der Waals surface area contributed by atoms with E-state index in [4.69, 9.17) is 14.2 Å². The van der Waals surface area contributed by atoms with Crippen molar-refractivity contribution in [1.29, 1.82) is 0 Å². The summed E-state index contributed by atoms with van der Waals surface area (Å²) in [6.07, 6.45) is 1.64. The van der Waals surface area contributed by atoms with Gasteiger partial charge in [-0.25, -0.2) is 4.79 Å². The summed E-state index contributed by atoms with van der Waals surface area (Å²) in [7, 11) is 0. The molecule has 4 heteroatoms. The highest BCUT2D eigenvalue weighted by Crippen LogP contribution is 2.45. The summed E-state index contributed by atoms with van der Waals surface area (Å²) in [4.78, 5) is 12.2. The maximum absolute atomic E-state index is 12.2. The molecule has 0 spiro atoms. The molecule has 1 aliphatic carbocycles. The summed E-state index contributed by atoms with van der Waals surface area (Å²) in [6, 6.07) is 25.2. The van der Waals surface area contributed by atoms with E-state index in [-0.39, 0.29) is 5.97 Å². The third-order valence-electron chi connectivity index (χ3n) is 6.06. The van der Waals surface area contributed by atoms with Gasteiger partial charge < -0.3 is 14.2 Å².